The van der Waals surface area contributed by atoms with Crippen molar-refractivity contribution in [1.82, 2.24) is 0 Å². The van der Waals surface area contributed by atoms with Gasteiger partial charge in [0.2, 0.25) is 0 Å². The molecule has 0 aliphatic carbocycles. The molecule has 0 rings (SSSR count). The average molecular weight is 780 g/mol. The topological polar surface area (TPSA) is 190 Å². The van der Waals surface area contributed by atoms with Crippen LogP contribution in [-0.2, 0) is 11.3 Å². The molecule has 4 radical (unpaired) electrons. The molecule has 0 N–H and O–H groups in total. The molecular formula is Bi2Ge3O9. The van der Waals surface area contributed by atoms with E-state index in [1.54, 1.807) is 0 Å². The van der Waals surface area contributed by atoms with E-state index in [0.717, 1.165) is 0 Å². The first-order chi connectivity index (χ1) is 5.20. The van der Waals surface area contributed by atoms with E-state index >= 15 is 0 Å². The predicted octanol–water partition coefficient (Wildman–Crippen LogP) is -9.39. The van der Waals surface area contributed by atoms with E-state index < -0.39 is 44.9 Å². The van der Waals surface area contributed by atoms with Crippen molar-refractivity contribution < 1.29 is 36.1 Å². The Bertz CT molecular complexity index is 116. The van der Waals surface area contributed by atoms with Crippen molar-refractivity contribution in [2.24, 2.45) is 0 Å². The van der Waals surface area contributed by atoms with Gasteiger partial charge in [-0.2, -0.15) is 0 Å². The molecule has 0 heterocycles. The van der Waals surface area contributed by atoms with Crippen LogP contribution in [0.2, 0.25) is 0 Å². The van der Waals surface area contributed by atoms with Crippen LogP contribution in [0, 0.1) is 0 Å². The zero-order valence-electron chi connectivity index (χ0n) is 6.07. The molecule has 0 aromatic rings. The third-order valence-electron chi connectivity index (χ3n) is 0. The molecule has 0 aromatic carbocycles. The van der Waals surface area contributed by atoms with Crippen LogP contribution in [0.25, 0.3) is 0 Å². The van der Waals surface area contributed by atoms with Crippen LogP contribution >= 0.6 is 0 Å². The zero-order valence-corrected chi connectivity index (χ0v) is 19.3. The SMILES string of the molecule is [Bi+3].[Bi+3].[O]=[Ge]([O-])[O-].[O]=[Ge]([O-])[O-].[O]=[Ge]([O-])[O-]. The molecule has 0 aromatic heterocycles. The maximum absolute atomic E-state index is 8.58. The van der Waals surface area contributed by atoms with Crippen molar-refractivity contribution in [3.05, 3.63) is 0 Å². The number of rotatable bonds is 0. The summed E-state index contributed by atoms with van der Waals surface area (Å²) in [7, 11) is 0. The fourth-order valence-corrected chi connectivity index (χ4v) is 0. The molecule has 0 unspecified atom stereocenters. The van der Waals surface area contributed by atoms with Gasteiger partial charge < -0.3 is 0 Å². The Morgan fingerprint density at radius 2 is 0.500 bits per heavy atom. The average Bonchev–Trinajstić information content (AvgIpc) is 1.54. The molecule has 0 aliphatic heterocycles. The van der Waals surface area contributed by atoms with E-state index in [2.05, 4.69) is 0 Å². The Morgan fingerprint density at radius 1 is 0.500 bits per heavy atom. The zero-order chi connectivity index (χ0) is 10.7. The third kappa shape index (κ3) is 848. The normalized spacial score (nSPS) is 5.14. The summed E-state index contributed by atoms with van der Waals surface area (Å²) in [5, 5.41) is 0. The number of hydrogen-bond donors (Lipinski definition) is 0. The van der Waals surface area contributed by atoms with Crippen molar-refractivity contribution in [3.63, 3.8) is 0 Å². The summed E-state index contributed by atoms with van der Waals surface area (Å²) < 4.78 is 77.2. The Balaban J connectivity index is -0.0000000270. The van der Waals surface area contributed by atoms with Crippen molar-refractivity contribution in [2.75, 3.05) is 0 Å². The summed E-state index contributed by atoms with van der Waals surface area (Å²) >= 11 is -12.2. The summed E-state index contributed by atoms with van der Waals surface area (Å²) in [6.07, 6.45) is 0. The van der Waals surface area contributed by atoms with Gasteiger partial charge in [-0.15, -0.1) is 0 Å². The first-order valence-corrected chi connectivity index (χ1v) is 9.55. The van der Waals surface area contributed by atoms with Gasteiger partial charge >= 0.3 is 133 Å². The third-order valence-corrected chi connectivity index (χ3v) is 0. The van der Waals surface area contributed by atoms with Gasteiger partial charge in [-0.3, -0.25) is 0 Å². The van der Waals surface area contributed by atoms with Crippen LogP contribution < -0.4 is 24.8 Å². The minimum atomic E-state index is -4.08. The van der Waals surface area contributed by atoms with Crippen LogP contribution in [0.5, 0.6) is 0 Å². The Morgan fingerprint density at radius 3 is 0.500 bits per heavy atom. The second-order valence-corrected chi connectivity index (χ2v) is 3.90. The molecule has 14 heteroatoms. The van der Waals surface area contributed by atoms with Gasteiger partial charge in [-0.25, -0.2) is 0 Å². The van der Waals surface area contributed by atoms with Crippen LogP contribution in [0.3, 0.4) is 0 Å². The van der Waals surface area contributed by atoms with Gasteiger partial charge in [0, 0.05) is 0 Å². The molecular weight excluding hydrogens is 780 g/mol. The molecule has 76 valence electrons. The van der Waals surface area contributed by atoms with Gasteiger partial charge in [0.1, 0.15) is 0 Å². The molecule has 0 amide bonds. The van der Waals surface area contributed by atoms with E-state index in [0.29, 0.717) is 0 Å². The van der Waals surface area contributed by atoms with E-state index in [1.807, 2.05) is 0 Å². The van der Waals surface area contributed by atoms with Crippen molar-refractivity contribution in [2.45, 2.75) is 0 Å². The standard InChI is InChI=1S/2Bi.3GeO3/c;;3*2-1(3)4/q2*+3;3*-2. The van der Waals surface area contributed by atoms with E-state index in [4.69, 9.17) is 36.1 Å². The Kier molecular flexibility index (Phi) is 50.8. The molecule has 0 aliphatic rings. The summed E-state index contributed by atoms with van der Waals surface area (Å²) in [6, 6.07) is 0. The first kappa shape index (κ1) is 29.6. The summed E-state index contributed by atoms with van der Waals surface area (Å²) in [5.41, 5.74) is 0. The van der Waals surface area contributed by atoms with E-state index in [-0.39, 0.29) is 52.4 Å². The molecule has 0 saturated carbocycles. The predicted molar refractivity (Wildman–Crippen MR) is 30.8 cm³/mol. The Labute approximate surface area is 131 Å². The van der Waals surface area contributed by atoms with Gasteiger partial charge in [-0.1, -0.05) is 0 Å². The van der Waals surface area contributed by atoms with Crippen LogP contribution in [0.1, 0.15) is 0 Å². The van der Waals surface area contributed by atoms with Gasteiger partial charge in [0.15, 0.2) is 0 Å². The second-order valence-electron chi connectivity index (χ2n) is 0.750. The minimum absolute atomic E-state index is 0. The molecule has 0 fully saturated rings. The first-order valence-electron chi connectivity index (χ1n) is 1.84. The molecule has 0 atom stereocenters. The summed E-state index contributed by atoms with van der Waals surface area (Å²) in [4.78, 5) is 0. The number of hydrogen-bond acceptors (Lipinski definition) is 9. The van der Waals surface area contributed by atoms with Crippen LogP contribution in [0.4, 0.5) is 0 Å². The molecule has 0 bridgehead atoms. The van der Waals surface area contributed by atoms with E-state index in [9.17, 15) is 0 Å². The fraction of sp³-hybridized carbons (Fsp3) is 0. The van der Waals surface area contributed by atoms with Crippen molar-refractivity contribution in [1.29, 1.82) is 0 Å². The van der Waals surface area contributed by atoms with E-state index in [1.165, 1.54) is 0 Å². The summed E-state index contributed by atoms with van der Waals surface area (Å²) in [6.45, 7) is 0. The molecule has 0 saturated heterocycles. The van der Waals surface area contributed by atoms with Crippen molar-refractivity contribution >= 4 is 97.3 Å². The summed E-state index contributed by atoms with van der Waals surface area (Å²) in [5.74, 6) is 0. The second kappa shape index (κ2) is 24.0. The monoisotopic (exact) mass is 784 g/mol. The molecule has 0 spiro atoms. The van der Waals surface area contributed by atoms with Gasteiger partial charge in [-0.05, 0) is 0 Å². The van der Waals surface area contributed by atoms with Gasteiger partial charge in [0.05, 0.1) is 0 Å². The van der Waals surface area contributed by atoms with Gasteiger partial charge in [0.25, 0.3) is 0 Å². The van der Waals surface area contributed by atoms with Crippen molar-refractivity contribution in [3.8, 4) is 0 Å². The maximum atomic E-state index is 8.58. The van der Waals surface area contributed by atoms with Crippen LogP contribution in [-0.4, -0.2) is 97.3 Å². The fourth-order valence-electron chi connectivity index (χ4n) is 0. The molecule has 9 nitrogen and oxygen atoms in total. The molecule has 14 heavy (non-hydrogen) atoms. The quantitative estimate of drug-likeness (QED) is 0.215. The van der Waals surface area contributed by atoms with Crippen LogP contribution in [0.15, 0.2) is 0 Å². The Hall–Kier alpha value is 1.59.